The van der Waals surface area contributed by atoms with Gasteiger partial charge in [-0.15, -0.1) is 5.10 Å². The lowest BCUT2D eigenvalue weighted by Gasteiger charge is -2.33. The summed E-state index contributed by atoms with van der Waals surface area (Å²) in [5.41, 5.74) is 1.78. The largest absolute Gasteiger partial charge is 0.468 e. The molecule has 146 valence electrons. The smallest absolute Gasteiger partial charge is 0.273 e. The number of carbonyl (C=O) groups excluding carboxylic acids is 1. The number of furan rings is 1. The second kappa shape index (κ2) is 8.39. The molecule has 1 fully saturated rings. The number of para-hydroxylation sites is 1. The normalized spacial score (nSPS) is 16.0. The van der Waals surface area contributed by atoms with Crippen LogP contribution in [-0.2, 0) is 0 Å². The van der Waals surface area contributed by atoms with Gasteiger partial charge in [0.05, 0.1) is 23.7 Å². The van der Waals surface area contributed by atoms with Crippen LogP contribution in [-0.4, -0.2) is 45.4 Å². The predicted molar refractivity (Wildman–Crippen MR) is 105 cm³/mol. The first-order valence-corrected chi connectivity index (χ1v) is 9.77. The summed E-state index contributed by atoms with van der Waals surface area (Å²) < 4.78 is 5.65. The molecule has 1 aromatic carbocycles. The molecule has 4 rings (SSSR count). The number of nitrogens with one attached hydrogen (secondary N) is 1. The molecule has 7 nitrogen and oxygen atoms in total. The van der Waals surface area contributed by atoms with Gasteiger partial charge in [0.1, 0.15) is 5.76 Å². The fraction of sp³-hybridized carbons (Fsp3) is 0.381. The zero-order valence-corrected chi connectivity index (χ0v) is 16.0. The van der Waals surface area contributed by atoms with E-state index in [-0.39, 0.29) is 11.9 Å². The van der Waals surface area contributed by atoms with Crippen molar-refractivity contribution in [3.05, 3.63) is 65.9 Å². The van der Waals surface area contributed by atoms with Crippen molar-refractivity contribution in [3.63, 3.8) is 0 Å². The van der Waals surface area contributed by atoms with Crippen molar-refractivity contribution >= 4 is 5.91 Å². The van der Waals surface area contributed by atoms with Crippen molar-refractivity contribution in [2.75, 3.05) is 19.6 Å². The molecule has 0 radical (unpaired) electrons. The Labute approximate surface area is 164 Å². The summed E-state index contributed by atoms with van der Waals surface area (Å²) in [6, 6.07) is 13.5. The summed E-state index contributed by atoms with van der Waals surface area (Å²) in [4.78, 5) is 16.7. The highest BCUT2D eigenvalue weighted by molar-refractivity contribution is 5.93. The zero-order valence-electron chi connectivity index (χ0n) is 16.0. The quantitative estimate of drug-likeness (QED) is 0.712. The molecule has 3 heterocycles. The molecule has 1 atom stereocenters. The number of aryl methyl sites for hydroxylation is 1. The van der Waals surface area contributed by atoms with Crippen LogP contribution < -0.4 is 5.32 Å². The highest BCUT2D eigenvalue weighted by atomic mass is 16.3. The Morgan fingerprint density at radius 2 is 1.89 bits per heavy atom. The highest BCUT2D eigenvalue weighted by Crippen LogP contribution is 2.24. The van der Waals surface area contributed by atoms with E-state index in [1.807, 2.05) is 42.5 Å². The molecule has 1 aliphatic rings. The number of hydrogen-bond acceptors (Lipinski definition) is 5. The van der Waals surface area contributed by atoms with Crippen molar-refractivity contribution in [1.29, 1.82) is 0 Å². The minimum Gasteiger partial charge on any atom is -0.468 e. The molecule has 7 heteroatoms. The molecule has 1 N–H and O–H groups in total. The van der Waals surface area contributed by atoms with Crippen LogP contribution in [0.25, 0.3) is 5.69 Å². The molecule has 1 aliphatic heterocycles. The van der Waals surface area contributed by atoms with E-state index < -0.39 is 0 Å². The maximum absolute atomic E-state index is 12.8. The van der Waals surface area contributed by atoms with Gasteiger partial charge in [0.15, 0.2) is 5.69 Å². The van der Waals surface area contributed by atoms with Crippen LogP contribution in [0.15, 0.2) is 53.1 Å². The van der Waals surface area contributed by atoms with Gasteiger partial charge in [-0.3, -0.25) is 9.69 Å². The van der Waals surface area contributed by atoms with Gasteiger partial charge in [0.2, 0.25) is 0 Å². The molecule has 0 aliphatic carbocycles. The van der Waals surface area contributed by atoms with Crippen molar-refractivity contribution < 1.29 is 9.21 Å². The number of piperidine rings is 1. The average Bonchev–Trinajstić information content (AvgIpc) is 3.40. The summed E-state index contributed by atoms with van der Waals surface area (Å²) >= 11 is 0. The van der Waals surface area contributed by atoms with Gasteiger partial charge in [-0.05, 0) is 57.1 Å². The third-order valence-corrected chi connectivity index (χ3v) is 5.14. The van der Waals surface area contributed by atoms with Crippen LogP contribution in [0.2, 0.25) is 0 Å². The SMILES string of the molecule is Cc1nn(-c2ccccc2)nc1C(=O)NC[C@@H](c1ccco1)N1CCCCC1. The fourth-order valence-electron chi connectivity index (χ4n) is 3.66. The predicted octanol–water partition coefficient (Wildman–Crippen LogP) is 3.13. The topological polar surface area (TPSA) is 76.2 Å². The Morgan fingerprint density at radius 1 is 1.11 bits per heavy atom. The summed E-state index contributed by atoms with van der Waals surface area (Å²) in [6.45, 7) is 4.31. The second-order valence-electron chi connectivity index (χ2n) is 7.10. The molecule has 1 saturated heterocycles. The van der Waals surface area contributed by atoms with Gasteiger partial charge in [0, 0.05) is 6.54 Å². The molecule has 28 heavy (non-hydrogen) atoms. The lowest BCUT2D eigenvalue weighted by molar-refractivity contribution is 0.0908. The van der Waals surface area contributed by atoms with Crippen LogP contribution in [0, 0.1) is 6.92 Å². The van der Waals surface area contributed by atoms with Crippen molar-refractivity contribution in [2.45, 2.75) is 32.2 Å². The third kappa shape index (κ3) is 3.99. The van der Waals surface area contributed by atoms with Gasteiger partial charge >= 0.3 is 0 Å². The number of hydrogen-bond donors (Lipinski definition) is 1. The summed E-state index contributed by atoms with van der Waals surface area (Å²) in [5.74, 6) is 0.667. The van der Waals surface area contributed by atoms with Crippen LogP contribution in [0.4, 0.5) is 0 Å². The van der Waals surface area contributed by atoms with E-state index in [1.54, 1.807) is 13.2 Å². The Hall–Kier alpha value is -2.93. The molecular formula is C21H25N5O2. The van der Waals surface area contributed by atoms with E-state index in [4.69, 9.17) is 4.42 Å². The number of likely N-dealkylation sites (tertiary alicyclic amines) is 1. The van der Waals surface area contributed by atoms with Crippen molar-refractivity contribution in [1.82, 2.24) is 25.2 Å². The minimum atomic E-state index is -0.215. The van der Waals surface area contributed by atoms with Gasteiger partial charge in [-0.2, -0.15) is 9.90 Å². The summed E-state index contributed by atoms with van der Waals surface area (Å²) in [5, 5.41) is 11.8. The Bertz CT molecular complexity index is 898. The first kappa shape index (κ1) is 18.4. The number of nitrogens with zero attached hydrogens (tertiary/aromatic N) is 4. The maximum Gasteiger partial charge on any atom is 0.273 e. The Morgan fingerprint density at radius 3 is 2.61 bits per heavy atom. The molecule has 3 aromatic rings. The van der Waals surface area contributed by atoms with Crippen LogP contribution >= 0.6 is 0 Å². The Balaban J connectivity index is 1.47. The van der Waals surface area contributed by atoms with E-state index in [1.165, 1.54) is 24.1 Å². The number of rotatable bonds is 6. The van der Waals surface area contributed by atoms with Crippen LogP contribution in [0.5, 0.6) is 0 Å². The minimum absolute atomic E-state index is 0.0312. The first-order valence-electron chi connectivity index (χ1n) is 9.77. The van der Waals surface area contributed by atoms with Gasteiger partial charge in [0.25, 0.3) is 5.91 Å². The third-order valence-electron chi connectivity index (χ3n) is 5.14. The first-order chi connectivity index (χ1) is 13.7. The van der Waals surface area contributed by atoms with E-state index >= 15 is 0 Å². The Kier molecular flexibility index (Phi) is 5.53. The van der Waals surface area contributed by atoms with Gasteiger partial charge in [-0.25, -0.2) is 0 Å². The van der Waals surface area contributed by atoms with Crippen LogP contribution in [0.3, 0.4) is 0 Å². The second-order valence-corrected chi connectivity index (χ2v) is 7.10. The summed E-state index contributed by atoms with van der Waals surface area (Å²) in [7, 11) is 0. The van der Waals surface area contributed by atoms with Gasteiger partial charge in [-0.1, -0.05) is 24.6 Å². The monoisotopic (exact) mass is 379 g/mol. The highest BCUT2D eigenvalue weighted by Gasteiger charge is 2.26. The van der Waals surface area contributed by atoms with Gasteiger partial charge < -0.3 is 9.73 Å². The number of aromatic nitrogens is 3. The maximum atomic E-state index is 12.8. The van der Waals surface area contributed by atoms with E-state index in [0.717, 1.165) is 24.5 Å². The molecule has 0 bridgehead atoms. The molecule has 1 amide bonds. The number of amides is 1. The molecule has 0 unspecified atom stereocenters. The fourth-order valence-corrected chi connectivity index (χ4v) is 3.66. The lowest BCUT2D eigenvalue weighted by Crippen LogP contribution is -2.40. The van der Waals surface area contributed by atoms with Crippen molar-refractivity contribution in [2.24, 2.45) is 0 Å². The molecule has 2 aromatic heterocycles. The van der Waals surface area contributed by atoms with E-state index in [9.17, 15) is 4.79 Å². The average molecular weight is 379 g/mol. The molecule has 0 saturated carbocycles. The number of carbonyl (C=O) groups is 1. The van der Waals surface area contributed by atoms with Crippen LogP contribution in [0.1, 0.15) is 47.2 Å². The zero-order chi connectivity index (χ0) is 19.3. The van der Waals surface area contributed by atoms with E-state index in [0.29, 0.717) is 17.9 Å². The lowest BCUT2D eigenvalue weighted by atomic mass is 10.1. The van der Waals surface area contributed by atoms with Crippen molar-refractivity contribution in [3.8, 4) is 5.69 Å². The molecule has 0 spiro atoms. The standard InChI is InChI=1S/C21H25N5O2/c1-16-20(24-26(23-16)17-9-4-2-5-10-17)21(27)22-15-18(19-11-8-14-28-19)25-12-6-3-7-13-25/h2,4-5,8-11,14,18H,3,6-7,12-13,15H2,1H3,(H,22,27)/t18-/m0/s1. The van der Waals surface area contributed by atoms with E-state index in [2.05, 4.69) is 20.4 Å². The molecular weight excluding hydrogens is 354 g/mol. The number of benzene rings is 1. The summed E-state index contributed by atoms with van der Waals surface area (Å²) in [6.07, 6.45) is 5.30.